The lowest BCUT2D eigenvalue weighted by atomic mass is 10.1. The van der Waals surface area contributed by atoms with Crippen LogP contribution in [0.5, 0.6) is 11.5 Å². The van der Waals surface area contributed by atoms with Crippen molar-refractivity contribution in [3.8, 4) is 11.5 Å². The van der Waals surface area contributed by atoms with Crippen molar-refractivity contribution < 1.29 is 22.7 Å². The summed E-state index contributed by atoms with van der Waals surface area (Å²) in [5.74, 6) is 1.08. The third-order valence-electron chi connectivity index (χ3n) is 5.17. The molecule has 1 saturated heterocycles. The van der Waals surface area contributed by atoms with Crippen molar-refractivity contribution in [2.24, 2.45) is 0 Å². The van der Waals surface area contributed by atoms with Crippen LogP contribution in [0.2, 0.25) is 0 Å². The first-order valence-electron chi connectivity index (χ1n) is 10.0. The number of nitrogens with one attached hydrogen (secondary N) is 1. The Kier molecular flexibility index (Phi) is 7.33. The molecule has 1 heterocycles. The molecule has 162 valence electrons. The Bertz CT molecular complexity index is 985. The van der Waals surface area contributed by atoms with Crippen LogP contribution in [0.15, 0.2) is 47.4 Å². The molecule has 0 atom stereocenters. The van der Waals surface area contributed by atoms with E-state index in [0.29, 0.717) is 36.7 Å². The number of sulfonamides is 1. The van der Waals surface area contributed by atoms with E-state index in [2.05, 4.69) is 5.32 Å². The molecule has 8 heteroatoms. The summed E-state index contributed by atoms with van der Waals surface area (Å²) >= 11 is 0. The van der Waals surface area contributed by atoms with Crippen LogP contribution in [0.4, 0.5) is 0 Å². The Morgan fingerprint density at radius 3 is 2.47 bits per heavy atom. The van der Waals surface area contributed by atoms with Crippen LogP contribution >= 0.6 is 0 Å². The molecule has 0 bridgehead atoms. The van der Waals surface area contributed by atoms with Crippen molar-refractivity contribution in [2.75, 3.05) is 33.9 Å². The summed E-state index contributed by atoms with van der Waals surface area (Å²) in [6.45, 7) is 1.56. The lowest BCUT2D eigenvalue weighted by Crippen LogP contribution is -2.29. The second-order valence-electron chi connectivity index (χ2n) is 7.19. The molecule has 0 aromatic heterocycles. The number of amides is 1. The van der Waals surface area contributed by atoms with Crippen LogP contribution in [0.25, 0.3) is 0 Å². The van der Waals surface area contributed by atoms with Crippen LogP contribution in [0, 0.1) is 0 Å². The van der Waals surface area contributed by atoms with Crippen LogP contribution < -0.4 is 14.8 Å². The molecule has 1 fully saturated rings. The number of hydrogen-bond acceptors (Lipinski definition) is 5. The third-order valence-corrected chi connectivity index (χ3v) is 7.07. The molecular formula is C22H28N2O5S. The molecule has 1 aliphatic rings. The van der Waals surface area contributed by atoms with E-state index < -0.39 is 10.0 Å². The van der Waals surface area contributed by atoms with Gasteiger partial charge in [-0.2, -0.15) is 4.31 Å². The maximum absolute atomic E-state index is 12.7. The largest absolute Gasteiger partial charge is 0.493 e. The molecule has 0 saturated carbocycles. The third kappa shape index (κ3) is 5.12. The van der Waals surface area contributed by atoms with Gasteiger partial charge in [0.1, 0.15) is 0 Å². The molecule has 1 N–H and O–H groups in total. The van der Waals surface area contributed by atoms with E-state index in [-0.39, 0.29) is 10.8 Å². The summed E-state index contributed by atoms with van der Waals surface area (Å²) in [5.41, 5.74) is 1.43. The minimum absolute atomic E-state index is 0.169. The van der Waals surface area contributed by atoms with Gasteiger partial charge in [-0.05, 0) is 61.6 Å². The van der Waals surface area contributed by atoms with E-state index in [0.717, 1.165) is 31.2 Å². The van der Waals surface area contributed by atoms with Crippen molar-refractivity contribution in [2.45, 2.75) is 30.6 Å². The van der Waals surface area contributed by atoms with Gasteiger partial charge in [-0.25, -0.2) is 8.42 Å². The van der Waals surface area contributed by atoms with Crippen molar-refractivity contribution in [3.63, 3.8) is 0 Å². The first-order chi connectivity index (χ1) is 14.5. The van der Waals surface area contributed by atoms with E-state index in [4.69, 9.17) is 9.47 Å². The summed E-state index contributed by atoms with van der Waals surface area (Å²) < 4.78 is 37.4. The maximum Gasteiger partial charge on any atom is 0.251 e. The highest BCUT2D eigenvalue weighted by molar-refractivity contribution is 7.89. The molecule has 0 radical (unpaired) electrons. The van der Waals surface area contributed by atoms with E-state index in [1.807, 2.05) is 18.2 Å². The first kappa shape index (κ1) is 22.1. The maximum atomic E-state index is 12.7. The molecule has 30 heavy (non-hydrogen) atoms. The number of aryl methyl sites for hydroxylation is 1. The van der Waals surface area contributed by atoms with Gasteiger partial charge in [0.15, 0.2) is 11.5 Å². The highest BCUT2D eigenvalue weighted by Crippen LogP contribution is 2.28. The van der Waals surface area contributed by atoms with Crippen LogP contribution in [-0.2, 0) is 16.4 Å². The smallest absolute Gasteiger partial charge is 0.251 e. The fourth-order valence-electron chi connectivity index (χ4n) is 3.51. The van der Waals surface area contributed by atoms with Crippen LogP contribution in [0.3, 0.4) is 0 Å². The lowest BCUT2D eigenvalue weighted by Gasteiger charge is -2.16. The summed E-state index contributed by atoms with van der Waals surface area (Å²) in [4.78, 5) is 12.7. The van der Waals surface area contributed by atoms with Gasteiger partial charge in [0, 0.05) is 25.2 Å². The van der Waals surface area contributed by atoms with Gasteiger partial charge in [0.25, 0.3) is 5.91 Å². The Labute approximate surface area is 178 Å². The van der Waals surface area contributed by atoms with E-state index in [1.54, 1.807) is 32.4 Å². The summed E-state index contributed by atoms with van der Waals surface area (Å²) in [6.07, 6.45) is 3.26. The molecule has 7 nitrogen and oxygen atoms in total. The minimum Gasteiger partial charge on any atom is -0.493 e. The standard InChI is InChI=1S/C22H28N2O5S/c1-28-20-11-10-17(15-21(20)29-2)7-6-12-23-22(25)18-8-5-9-19(16-18)30(26,27)24-13-3-4-14-24/h5,8-11,15-16H,3-4,6-7,12-14H2,1-2H3,(H,23,25). The number of methoxy groups -OCH3 is 2. The van der Waals surface area contributed by atoms with Gasteiger partial charge < -0.3 is 14.8 Å². The van der Waals surface area contributed by atoms with Crippen LogP contribution in [0.1, 0.15) is 35.2 Å². The number of hydrogen-bond donors (Lipinski definition) is 1. The topological polar surface area (TPSA) is 84.9 Å². The zero-order chi connectivity index (χ0) is 21.6. The average molecular weight is 433 g/mol. The first-order valence-corrected chi connectivity index (χ1v) is 11.5. The monoisotopic (exact) mass is 432 g/mol. The zero-order valence-electron chi connectivity index (χ0n) is 17.4. The number of ether oxygens (including phenoxy) is 2. The Morgan fingerprint density at radius 1 is 1.03 bits per heavy atom. The normalized spacial score (nSPS) is 14.5. The molecule has 0 spiro atoms. The van der Waals surface area contributed by atoms with Crippen molar-refractivity contribution in [1.82, 2.24) is 9.62 Å². The number of nitrogens with zero attached hydrogens (tertiary/aromatic N) is 1. The Morgan fingerprint density at radius 2 is 1.77 bits per heavy atom. The second-order valence-corrected chi connectivity index (χ2v) is 9.13. The lowest BCUT2D eigenvalue weighted by molar-refractivity contribution is 0.0953. The molecule has 2 aromatic carbocycles. The molecule has 1 aliphatic heterocycles. The predicted molar refractivity (Wildman–Crippen MR) is 115 cm³/mol. The second kappa shape index (κ2) is 9.95. The van der Waals surface area contributed by atoms with E-state index >= 15 is 0 Å². The van der Waals surface area contributed by atoms with Gasteiger partial charge in [0.05, 0.1) is 19.1 Å². The molecule has 0 aliphatic carbocycles. The Hall–Kier alpha value is -2.58. The van der Waals surface area contributed by atoms with Gasteiger partial charge in [-0.1, -0.05) is 12.1 Å². The quantitative estimate of drug-likeness (QED) is 0.616. The summed E-state index contributed by atoms with van der Waals surface area (Å²) in [5, 5.41) is 2.87. The molecule has 3 rings (SSSR count). The molecular weight excluding hydrogens is 404 g/mol. The zero-order valence-corrected chi connectivity index (χ0v) is 18.2. The number of benzene rings is 2. The number of carbonyl (C=O) groups is 1. The fraction of sp³-hybridized carbons (Fsp3) is 0.409. The van der Waals surface area contributed by atoms with E-state index in [9.17, 15) is 13.2 Å². The Balaban J connectivity index is 1.55. The highest BCUT2D eigenvalue weighted by Gasteiger charge is 2.27. The SMILES string of the molecule is COc1ccc(CCCNC(=O)c2cccc(S(=O)(=O)N3CCCC3)c2)cc1OC. The van der Waals surface area contributed by atoms with Crippen molar-refractivity contribution in [1.29, 1.82) is 0 Å². The minimum atomic E-state index is -3.54. The van der Waals surface area contributed by atoms with Crippen molar-refractivity contribution >= 4 is 15.9 Å². The fourth-order valence-corrected chi connectivity index (χ4v) is 5.07. The number of rotatable bonds is 9. The molecule has 2 aromatic rings. The van der Waals surface area contributed by atoms with Gasteiger partial charge in [-0.15, -0.1) is 0 Å². The molecule has 0 unspecified atom stereocenters. The molecule has 1 amide bonds. The van der Waals surface area contributed by atoms with E-state index in [1.165, 1.54) is 10.4 Å². The van der Waals surface area contributed by atoms with Gasteiger partial charge in [0.2, 0.25) is 10.0 Å². The summed E-state index contributed by atoms with van der Waals surface area (Å²) in [7, 11) is -0.344. The highest BCUT2D eigenvalue weighted by atomic mass is 32.2. The predicted octanol–water partition coefficient (Wildman–Crippen LogP) is 2.85. The van der Waals surface area contributed by atoms with Crippen LogP contribution in [-0.4, -0.2) is 52.5 Å². The summed E-state index contributed by atoms with van der Waals surface area (Å²) in [6, 6.07) is 12.0. The average Bonchev–Trinajstić information content (AvgIpc) is 3.32. The van der Waals surface area contributed by atoms with Gasteiger partial charge in [-0.3, -0.25) is 4.79 Å². The van der Waals surface area contributed by atoms with Gasteiger partial charge >= 0.3 is 0 Å². The number of carbonyl (C=O) groups excluding carboxylic acids is 1. The van der Waals surface area contributed by atoms with Crippen molar-refractivity contribution in [3.05, 3.63) is 53.6 Å².